The van der Waals surface area contributed by atoms with Crippen LogP contribution in [0.4, 0.5) is 14.0 Å². The van der Waals surface area contributed by atoms with Crippen molar-refractivity contribution < 1.29 is 47.2 Å². The highest BCUT2D eigenvalue weighted by atomic mass is 31.2. The zero-order chi connectivity index (χ0) is 34.3. The first-order valence-electron chi connectivity index (χ1n) is 15.7. The standard InChI is InChI=1S/C32H49FN3O9P/c1-10-12-13-14-41-31(40)35-28(19(5)11-2)34-30(39)36(9)29-26(38)25(37)23(44-29)17-43-46-42-16-21-24(33)20(18(3)4)15-22(27(21)45-46)32(6,7)8/h15,18,23,25-26,29,37-38H,5,10-14,16-17H2,1-4,6-9H3,(H,34,35,39,40). The van der Waals surface area contributed by atoms with E-state index in [-0.39, 0.29) is 42.8 Å². The van der Waals surface area contributed by atoms with Gasteiger partial charge in [-0.2, -0.15) is 4.99 Å². The Labute approximate surface area is 272 Å². The molecule has 2 aliphatic rings. The molecule has 3 rings (SSSR count). The van der Waals surface area contributed by atoms with E-state index in [2.05, 4.69) is 16.9 Å². The Morgan fingerprint density at radius 3 is 2.54 bits per heavy atom. The number of benzene rings is 1. The number of fused-ring (bicyclic) bond motifs is 1. The molecule has 0 radical (unpaired) electrons. The van der Waals surface area contributed by atoms with Crippen LogP contribution in [0.1, 0.15) is 96.8 Å². The molecule has 0 aliphatic carbocycles. The summed E-state index contributed by atoms with van der Waals surface area (Å²) in [6.45, 7) is 17.5. The summed E-state index contributed by atoms with van der Waals surface area (Å²) >= 11 is 0. The number of unbranched alkanes of at least 4 members (excludes halogenated alkanes) is 2. The van der Waals surface area contributed by atoms with Gasteiger partial charge < -0.3 is 24.2 Å². The van der Waals surface area contributed by atoms with Gasteiger partial charge in [0.2, 0.25) is 0 Å². The van der Waals surface area contributed by atoms with Gasteiger partial charge in [0.25, 0.3) is 0 Å². The molecule has 3 amide bonds. The maximum Gasteiger partial charge on any atom is 0.435 e. The molecule has 2 heterocycles. The van der Waals surface area contributed by atoms with Gasteiger partial charge in [0, 0.05) is 12.6 Å². The number of rotatable bonds is 11. The summed E-state index contributed by atoms with van der Waals surface area (Å²) in [5.74, 6) is -0.0964. The molecule has 0 bridgehead atoms. The molecular weight excluding hydrogens is 620 g/mol. The van der Waals surface area contributed by atoms with Crippen LogP contribution in [0, 0.1) is 5.82 Å². The molecule has 5 unspecified atom stereocenters. The molecule has 1 saturated heterocycles. The lowest BCUT2D eigenvalue weighted by Crippen LogP contribution is -2.50. The molecule has 0 saturated carbocycles. The molecule has 46 heavy (non-hydrogen) atoms. The lowest BCUT2D eigenvalue weighted by Gasteiger charge is -2.32. The number of carbonyl (C=O) groups excluding carboxylic acids is 2. The number of aliphatic imine (C=N–C) groups is 1. The van der Waals surface area contributed by atoms with E-state index in [1.54, 1.807) is 6.92 Å². The molecule has 5 atom stereocenters. The minimum absolute atomic E-state index is 0.0344. The van der Waals surface area contributed by atoms with Crippen molar-refractivity contribution in [3.63, 3.8) is 0 Å². The van der Waals surface area contributed by atoms with Crippen LogP contribution in [0.3, 0.4) is 0 Å². The highest BCUT2D eigenvalue weighted by Gasteiger charge is 2.47. The van der Waals surface area contributed by atoms with Crippen molar-refractivity contribution >= 4 is 26.6 Å². The summed E-state index contributed by atoms with van der Waals surface area (Å²) in [6.07, 6.45) is -3.11. The zero-order valence-corrected chi connectivity index (χ0v) is 29.0. The van der Waals surface area contributed by atoms with Crippen molar-refractivity contribution in [1.29, 1.82) is 0 Å². The molecule has 1 aromatic carbocycles. The van der Waals surface area contributed by atoms with E-state index in [1.165, 1.54) is 7.05 Å². The second-order valence-electron chi connectivity index (χ2n) is 12.8. The normalized spacial score (nSPS) is 23.1. The van der Waals surface area contributed by atoms with E-state index in [0.717, 1.165) is 23.3 Å². The number of amides is 3. The lowest BCUT2D eigenvalue weighted by atomic mass is 9.82. The van der Waals surface area contributed by atoms with Crippen LogP contribution in [0.15, 0.2) is 23.2 Å². The molecular formula is C32H49FN3O9P. The van der Waals surface area contributed by atoms with E-state index in [9.17, 15) is 19.8 Å². The van der Waals surface area contributed by atoms with Gasteiger partial charge in [-0.3, -0.25) is 19.3 Å². The fourth-order valence-corrected chi connectivity index (χ4v) is 5.88. The highest BCUT2D eigenvalue weighted by Crippen LogP contribution is 2.52. The minimum Gasteiger partial charge on any atom is -0.448 e. The molecule has 0 aromatic heterocycles. The molecule has 2 aliphatic heterocycles. The van der Waals surface area contributed by atoms with Gasteiger partial charge >= 0.3 is 20.7 Å². The van der Waals surface area contributed by atoms with E-state index < -0.39 is 45.3 Å². The average Bonchev–Trinajstić information content (AvgIpc) is 3.28. The van der Waals surface area contributed by atoms with Crippen LogP contribution < -0.4 is 9.84 Å². The third-order valence-electron chi connectivity index (χ3n) is 7.79. The number of aliphatic hydroxyl groups is 2. The number of hydrogen-bond acceptors (Lipinski definition) is 9. The summed E-state index contributed by atoms with van der Waals surface area (Å²) in [5, 5.41) is 24.0. The van der Waals surface area contributed by atoms with E-state index in [4.69, 9.17) is 23.0 Å². The van der Waals surface area contributed by atoms with Gasteiger partial charge in [-0.05, 0) is 41.4 Å². The number of urea groups is 1. The molecule has 258 valence electrons. The van der Waals surface area contributed by atoms with Crippen LogP contribution in [0.2, 0.25) is 0 Å². The van der Waals surface area contributed by atoms with Crippen LogP contribution >= 0.6 is 8.60 Å². The third kappa shape index (κ3) is 9.23. The largest absolute Gasteiger partial charge is 0.448 e. The maximum absolute atomic E-state index is 15.3. The van der Waals surface area contributed by atoms with Crippen molar-refractivity contribution in [2.75, 3.05) is 20.3 Å². The van der Waals surface area contributed by atoms with Crippen molar-refractivity contribution in [1.82, 2.24) is 10.2 Å². The molecule has 12 nitrogen and oxygen atoms in total. The number of carbonyl (C=O) groups is 2. The number of halogens is 1. The molecule has 1 fully saturated rings. The Morgan fingerprint density at radius 1 is 1.24 bits per heavy atom. The van der Waals surface area contributed by atoms with Crippen molar-refractivity contribution in [2.24, 2.45) is 4.99 Å². The van der Waals surface area contributed by atoms with E-state index >= 15 is 4.39 Å². The fraction of sp³-hybridized carbons (Fsp3) is 0.656. The Morgan fingerprint density at radius 2 is 1.93 bits per heavy atom. The number of amidine groups is 1. The highest BCUT2D eigenvalue weighted by molar-refractivity contribution is 7.42. The van der Waals surface area contributed by atoms with Gasteiger partial charge in [0.15, 0.2) is 6.23 Å². The predicted octanol–water partition coefficient (Wildman–Crippen LogP) is 6.18. The maximum atomic E-state index is 15.3. The van der Waals surface area contributed by atoms with Crippen LogP contribution in [0.5, 0.6) is 5.75 Å². The first-order chi connectivity index (χ1) is 21.6. The van der Waals surface area contributed by atoms with Crippen LogP contribution in [-0.4, -0.2) is 77.9 Å². The monoisotopic (exact) mass is 669 g/mol. The van der Waals surface area contributed by atoms with Crippen LogP contribution in [-0.2, 0) is 30.5 Å². The van der Waals surface area contributed by atoms with Crippen molar-refractivity contribution in [3.05, 3.63) is 40.7 Å². The average molecular weight is 670 g/mol. The molecule has 0 spiro atoms. The Kier molecular flexibility index (Phi) is 13.5. The second kappa shape index (κ2) is 16.4. The number of ether oxygens (including phenoxy) is 2. The predicted molar refractivity (Wildman–Crippen MR) is 172 cm³/mol. The SMILES string of the molecule is C=C(CC)C(=NC(=O)OCCCCC)NC(=O)N(C)C1OC(COP2OCc3c(F)c(C(C)C)cc(C(C)(C)C)c3O2)C(O)C1O. The Bertz CT molecular complexity index is 1290. The summed E-state index contributed by atoms with van der Waals surface area (Å²) in [4.78, 5) is 30.2. The second-order valence-corrected chi connectivity index (χ2v) is 13.9. The molecule has 3 N–H and O–H groups in total. The number of likely N-dealkylation sites (N-methyl/N-ethyl adjacent to an activating group) is 1. The minimum atomic E-state index is -1.99. The summed E-state index contributed by atoms with van der Waals surface area (Å²) in [5.41, 5.74) is 1.77. The van der Waals surface area contributed by atoms with Gasteiger partial charge in [0.05, 0.1) is 25.4 Å². The molecule has 1 aromatic rings. The number of nitrogens with zero attached hydrogens (tertiary/aromatic N) is 2. The molecule has 14 heteroatoms. The summed E-state index contributed by atoms with van der Waals surface area (Å²) < 4.78 is 43.8. The van der Waals surface area contributed by atoms with Crippen molar-refractivity contribution in [3.8, 4) is 5.75 Å². The Hall–Kier alpha value is -2.67. The van der Waals surface area contributed by atoms with Gasteiger partial charge in [0.1, 0.15) is 35.7 Å². The third-order valence-corrected chi connectivity index (χ3v) is 8.83. The fourth-order valence-electron chi connectivity index (χ4n) is 4.84. The van der Waals surface area contributed by atoms with Gasteiger partial charge in [-0.25, -0.2) is 14.0 Å². The van der Waals surface area contributed by atoms with Crippen molar-refractivity contribution in [2.45, 2.75) is 117 Å². The smallest absolute Gasteiger partial charge is 0.435 e. The lowest BCUT2D eigenvalue weighted by molar-refractivity contribution is -0.0695. The first-order valence-corrected chi connectivity index (χ1v) is 16.8. The zero-order valence-electron chi connectivity index (χ0n) is 28.1. The first kappa shape index (κ1) is 37.8. The van der Waals surface area contributed by atoms with Crippen LogP contribution in [0.25, 0.3) is 0 Å². The number of nitrogens with one attached hydrogen (secondary N) is 1. The quantitative estimate of drug-likeness (QED) is 0.109. The van der Waals surface area contributed by atoms with Gasteiger partial charge in [-0.1, -0.05) is 67.9 Å². The topological polar surface area (TPSA) is 148 Å². The Balaban J connectivity index is 1.65. The van der Waals surface area contributed by atoms with E-state index in [0.29, 0.717) is 35.3 Å². The summed E-state index contributed by atoms with van der Waals surface area (Å²) in [7, 11) is -0.631. The van der Waals surface area contributed by atoms with Gasteiger partial charge in [-0.15, -0.1) is 0 Å². The summed E-state index contributed by atoms with van der Waals surface area (Å²) in [6, 6.07) is 1.06. The van der Waals surface area contributed by atoms with E-state index in [1.807, 2.05) is 47.6 Å². The number of aliphatic hydroxyl groups excluding tert-OH is 2. The number of hydrogen-bond donors (Lipinski definition) is 3.